The van der Waals surface area contributed by atoms with E-state index in [1.54, 1.807) is 0 Å². The second kappa shape index (κ2) is 14.8. The number of furan rings is 1. The topological polar surface area (TPSA) is 13.1 Å². The summed E-state index contributed by atoms with van der Waals surface area (Å²) < 4.78 is 9.82. The van der Waals surface area contributed by atoms with E-state index in [4.69, 9.17) is 4.42 Å². The van der Waals surface area contributed by atoms with Crippen molar-refractivity contribution in [2.45, 2.75) is 0 Å². The molecule has 2 aromatic heterocycles. The first kappa shape index (κ1) is 37.4. The molecule has 66 heavy (non-hydrogen) atoms. The number of hydrogen-bond acceptors (Lipinski definition) is 1. The number of benzene rings is 12. The van der Waals surface area contributed by atoms with Gasteiger partial charge >= 0.3 is 255 Å². The van der Waals surface area contributed by atoms with Gasteiger partial charge < -0.3 is 0 Å². The van der Waals surface area contributed by atoms with E-state index in [-0.39, 0.29) is 14.5 Å². The van der Waals surface area contributed by atoms with Crippen molar-refractivity contribution in [1.29, 1.82) is 0 Å². The van der Waals surface area contributed by atoms with Crippen molar-refractivity contribution in [2.24, 2.45) is 0 Å². The Morgan fingerprint density at radius 3 is 1.21 bits per heavy atom. The van der Waals surface area contributed by atoms with Gasteiger partial charge in [0.1, 0.15) is 0 Å². The summed E-state index contributed by atoms with van der Waals surface area (Å²) in [5, 5.41) is 14.9. The van der Waals surface area contributed by atoms with Crippen LogP contribution in [0.15, 0.2) is 235 Å². The Labute approximate surface area is 387 Å². The normalized spacial score (nSPS) is 11.9. The summed E-state index contributed by atoms with van der Waals surface area (Å²) in [4.78, 5) is 0. The van der Waals surface area contributed by atoms with Gasteiger partial charge in [-0.15, -0.1) is 0 Å². The second-order valence-electron chi connectivity index (χ2n) is 17.4. The average Bonchev–Trinajstić information content (AvgIpc) is 3.95. The molecule has 0 radical (unpaired) electrons. The van der Waals surface area contributed by atoms with E-state index >= 15 is 0 Å². The minimum absolute atomic E-state index is 0.272. The van der Waals surface area contributed by atoms with E-state index in [9.17, 15) is 0 Å². The summed E-state index contributed by atoms with van der Waals surface area (Å²) in [6.45, 7) is 0. The van der Waals surface area contributed by atoms with Gasteiger partial charge in [0.2, 0.25) is 0 Å². The van der Waals surface area contributed by atoms with Crippen LogP contribution in [0.2, 0.25) is 0 Å². The van der Waals surface area contributed by atoms with E-state index in [0.29, 0.717) is 0 Å². The fourth-order valence-electron chi connectivity index (χ4n) is 11.0. The molecule has 306 valence electrons. The van der Waals surface area contributed by atoms with Crippen molar-refractivity contribution in [1.82, 2.24) is 0 Å². The van der Waals surface area contributed by atoms with Crippen molar-refractivity contribution in [3.8, 4) is 55.6 Å². The zero-order valence-corrected chi connectivity index (χ0v) is 37.5. The van der Waals surface area contributed by atoms with Crippen molar-refractivity contribution in [3.05, 3.63) is 231 Å². The molecule has 1 nitrogen and oxygen atoms in total. The van der Waals surface area contributed by atoms with Gasteiger partial charge in [0.25, 0.3) is 0 Å². The second-order valence-corrected chi connectivity index (χ2v) is 19.7. The molecule has 14 aromatic rings. The van der Waals surface area contributed by atoms with Gasteiger partial charge in [-0.1, -0.05) is 84.9 Å². The first-order chi connectivity index (χ1) is 32.7. The molecular formula is C64H38OSe. The van der Waals surface area contributed by atoms with Crippen LogP contribution in [0, 0.1) is 0 Å². The molecule has 0 fully saturated rings. The summed E-state index contributed by atoms with van der Waals surface area (Å²) in [5.74, 6) is 0. The van der Waals surface area contributed by atoms with Crippen molar-refractivity contribution < 1.29 is 4.42 Å². The Hall–Kier alpha value is -8.00. The molecule has 12 aromatic carbocycles. The molecule has 0 unspecified atom stereocenters. The Morgan fingerprint density at radius 1 is 0.242 bits per heavy atom. The maximum absolute atomic E-state index is 6.92. The van der Waals surface area contributed by atoms with E-state index in [1.807, 2.05) is 0 Å². The van der Waals surface area contributed by atoms with E-state index < -0.39 is 0 Å². The van der Waals surface area contributed by atoms with Gasteiger partial charge in [0, 0.05) is 0 Å². The van der Waals surface area contributed by atoms with E-state index in [2.05, 4.69) is 231 Å². The van der Waals surface area contributed by atoms with Crippen molar-refractivity contribution >= 4 is 98.8 Å². The fourth-order valence-corrected chi connectivity index (χ4v) is 13.3. The van der Waals surface area contributed by atoms with Gasteiger partial charge in [-0.2, -0.15) is 0 Å². The van der Waals surface area contributed by atoms with Gasteiger partial charge in [-0.25, -0.2) is 0 Å². The molecule has 0 saturated carbocycles. The van der Waals surface area contributed by atoms with Gasteiger partial charge in [-0.05, 0) is 49.9 Å². The van der Waals surface area contributed by atoms with E-state index in [0.717, 1.165) is 27.5 Å². The number of rotatable bonds is 5. The Morgan fingerprint density at radius 2 is 0.667 bits per heavy atom. The van der Waals surface area contributed by atoms with Crippen LogP contribution in [0.5, 0.6) is 0 Å². The molecule has 0 bridgehead atoms. The Bertz CT molecular complexity index is 4160. The summed E-state index contributed by atoms with van der Waals surface area (Å²) in [6.07, 6.45) is 0. The summed E-state index contributed by atoms with van der Waals surface area (Å²) in [7, 11) is 0. The zero-order valence-electron chi connectivity index (χ0n) is 35.8. The minimum atomic E-state index is 0.272. The van der Waals surface area contributed by atoms with Crippen LogP contribution in [0.1, 0.15) is 0 Å². The van der Waals surface area contributed by atoms with Crippen molar-refractivity contribution in [3.63, 3.8) is 0 Å². The van der Waals surface area contributed by atoms with Crippen LogP contribution < -0.4 is 0 Å². The summed E-state index contributed by atoms with van der Waals surface area (Å²) in [6, 6.07) is 85.0. The molecule has 14 rings (SSSR count). The molecule has 2 heterocycles. The third-order valence-corrected chi connectivity index (χ3v) is 16.3. The molecule has 0 amide bonds. The third kappa shape index (κ3) is 5.66. The van der Waals surface area contributed by atoms with Gasteiger partial charge in [0.15, 0.2) is 0 Å². The first-order valence-corrected chi connectivity index (χ1v) is 24.4. The fraction of sp³-hybridized carbons (Fsp3) is 0. The van der Waals surface area contributed by atoms with Crippen LogP contribution in [-0.4, -0.2) is 14.5 Å². The molecular weight excluding hydrogens is 864 g/mol. The van der Waals surface area contributed by atoms with E-state index in [1.165, 1.54) is 112 Å². The predicted molar refractivity (Wildman–Crippen MR) is 283 cm³/mol. The number of hydrogen-bond donors (Lipinski definition) is 0. The molecule has 0 saturated heterocycles. The number of fused-ring (bicyclic) bond motifs is 10. The molecule has 0 aliphatic carbocycles. The van der Waals surface area contributed by atoms with Crippen LogP contribution in [0.25, 0.3) is 140 Å². The summed E-state index contributed by atoms with van der Waals surface area (Å²) in [5.41, 5.74) is 14.1. The maximum atomic E-state index is 6.92. The molecule has 2 heteroatoms. The monoisotopic (exact) mass is 902 g/mol. The van der Waals surface area contributed by atoms with Crippen LogP contribution in [0.3, 0.4) is 0 Å². The van der Waals surface area contributed by atoms with Crippen LogP contribution in [0.4, 0.5) is 0 Å². The quantitative estimate of drug-likeness (QED) is 0.124. The molecule has 0 spiro atoms. The van der Waals surface area contributed by atoms with Gasteiger partial charge in [0.05, 0.1) is 0 Å². The molecule has 0 aliphatic heterocycles. The zero-order chi connectivity index (χ0) is 43.3. The standard InChI is InChI=1S/C64H38OSe/c1-3-16-39(17-4-1)41-31-34-58-54(36-41)55-37-42(32-35-59(55)66-58)61-48-24-11-13-26-50(48)63(51-27-14-12-25-49(51)61)53-28-15-29-56-64(53)52-33-30-43(38-57(52)65-56)62-46-22-9-7-20-44(46)60(40-18-5-2-6-19-40)45-21-8-10-23-47(45)62/h1-38H. The molecule has 0 aliphatic rings. The van der Waals surface area contributed by atoms with Crippen LogP contribution >= 0.6 is 0 Å². The SMILES string of the molecule is c1ccc(-c2ccc3[se]c4ccc(-c5c6ccccc6c(-c6cccc7oc8cc(-c9c%10ccccc%10c(-c%10ccccc%10)c%10ccccc9%10)ccc8c67)c6ccccc56)cc4c3c2)cc1. The van der Waals surface area contributed by atoms with Crippen molar-refractivity contribution in [2.75, 3.05) is 0 Å². The van der Waals surface area contributed by atoms with Gasteiger partial charge in [-0.3, -0.25) is 0 Å². The average molecular weight is 902 g/mol. The Balaban J connectivity index is 0.972. The molecule has 0 atom stereocenters. The van der Waals surface area contributed by atoms with Crippen LogP contribution in [-0.2, 0) is 0 Å². The first-order valence-electron chi connectivity index (χ1n) is 22.7. The Kier molecular flexibility index (Phi) is 8.37. The third-order valence-electron chi connectivity index (χ3n) is 13.8. The predicted octanol–water partition coefficient (Wildman–Crippen LogP) is 17.9. The molecule has 0 N–H and O–H groups in total. The summed E-state index contributed by atoms with van der Waals surface area (Å²) >= 11 is 0.272.